The standard InChI is InChI=1S/C18H20O/c1-13-9-11-14(12-10-13)15-7-5-6-8-16(15)17(19)18(2,3)4/h5-12H,1-4H3. The minimum Gasteiger partial charge on any atom is -0.294 e. The highest BCUT2D eigenvalue weighted by Crippen LogP contribution is 2.29. The molecule has 2 aromatic carbocycles. The molecule has 0 aliphatic carbocycles. The topological polar surface area (TPSA) is 17.1 Å². The summed E-state index contributed by atoms with van der Waals surface area (Å²) in [5.74, 6) is 0.184. The highest BCUT2D eigenvalue weighted by molar-refractivity contribution is 6.05. The van der Waals surface area contributed by atoms with E-state index in [4.69, 9.17) is 0 Å². The third kappa shape index (κ3) is 2.93. The normalized spacial score (nSPS) is 11.4. The van der Waals surface area contributed by atoms with Gasteiger partial charge in [-0.3, -0.25) is 4.79 Å². The van der Waals surface area contributed by atoms with Gasteiger partial charge in [0.1, 0.15) is 0 Å². The second-order valence-corrected chi connectivity index (χ2v) is 5.99. The summed E-state index contributed by atoms with van der Waals surface area (Å²) in [7, 11) is 0. The molecule has 0 radical (unpaired) electrons. The molecule has 1 heteroatoms. The molecule has 0 aliphatic rings. The first-order chi connectivity index (χ1) is 8.89. The fourth-order valence-electron chi connectivity index (χ4n) is 2.07. The van der Waals surface area contributed by atoms with Crippen molar-refractivity contribution in [2.45, 2.75) is 27.7 Å². The number of rotatable bonds is 2. The Bertz CT molecular complexity index is 586. The van der Waals surface area contributed by atoms with Gasteiger partial charge in [0.2, 0.25) is 0 Å². The van der Waals surface area contributed by atoms with Gasteiger partial charge >= 0.3 is 0 Å². The average molecular weight is 252 g/mol. The van der Waals surface area contributed by atoms with Crippen LogP contribution in [-0.2, 0) is 0 Å². The number of hydrogen-bond donors (Lipinski definition) is 0. The van der Waals surface area contributed by atoms with E-state index < -0.39 is 0 Å². The van der Waals surface area contributed by atoms with Crippen LogP contribution in [0.25, 0.3) is 11.1 Å². The van der Waals surface area contributed by atoms with Gasteiger partial charge in [-0.1, -0.05) is 74.9 Å². The molecule has 2 rings (SSSR count). The zero-order valence-electron chi connectivity index (χ0n) is 12.0. The first kappa shape index (κ1) is 13.5. The Hall–Kier alpha value is -1.89. The summed E-state index contributed by atoms with van der Waals surface area (Å²) in [4.78, 5) is 12.5. The zero-order valence-corrected chi connectivity index (χ0v) is 12.0. The van der Waals surface area contributed by atoms with Crippen molar-refractivity contribution in [3.63, 3.8) is 0 Å². The molecule has 0 amide bonds. The zero-order chi connectivity index (χ0) is 14.0. The Balaban J connectivity index is 2.53. The van der Waals surface area contributed by atoms with Crippen molar-refractivity contribution in [1.82, 2.24) is 0 Å². The smallest absolute Gasteiger partial charge is 0.168 e. The predicted molar refractivity (Wildman–Crippen MR) is 80.4 cm³/mol. The maximum atomic E-state index is 12.5. The fourth-order valence-corrected chi connectivity index (χ4v) is 2.07. The lowest BCUT2D eigenvalue weighted by Crippen LogP contribution is -2.20. The third-order valence-electron chi connectivity index (χ3n) is 3.22. The van der Waals surface area contributed by atoms with Gasteiger partial charge in [-0.25, -0.2) is 0 Å². The van der Waals surface area contributed by atoms with Crippen LogP contribution < -0.4 is 0 Å². The molecule has 98 valence electrons. The molecule has 0 fully saturated rings. The van der Waals surface area contributed by atoms with Crippen LogP contribution in [0.4, 0.5) is 0 Å². The number of aryl methyl sites for hydroxylation is 1. The maximum Gasteiger partial charge on any atom is 0.168 e. The molecule has 0 bridgehead atoms. The Kier molecular flexibility index (Phi) is 3.57. The van der Waals surface area contributed by atoms with Crippen LogP contribution in [0.1, 0.15) is 36.7 Å². The second kappa shape index (κ2) is 5.00. The molecule has 0 N–H and O–H groups in total. The van der Waals surface area contributed by atoms with Gasteiger partial charge in [-0.15, -0.1) is 0 Å². The summed E-state index contributed by atoms with van der Waals surface area (Å²) >= 11 is 0. The lowest BCUT2D eigenvalue weighted by atomic mass is 9.83. The highest BCUT2D eigenvalue weighted by atomic mass is 16.1. The molecule has 19 heavy (non-hydrogen) atoms. The maximum absolute atomic E-state index is 12.5. The van der Waals surface area contributed by atoms with E-state index in [1.807, 2.05) is 45.0 Å². The largest absolute Gasteiger partial charge is 0.294 e. The first-order valence-electron chi connectivity index (χ1n) is 6.60. The van der Waals surface area contributed by atoms with Crippen LogP contribution in [0.2, 0.25) is 0 Å². The predicted octanol–water partition coefficient (Wildman–Crippen LogP) is 4.89. The lowest BCUT2D eigenvalue weighted by molar-refractivity contribution is 0.0859. The van der Waals surface area contributed by atoms with Gasteiger partial charge in [0.15, 0.2) is 5.78 Å². The van der Waals surface area contributed by atoms with Crippen LogP contribution in [-0.4, -0.2) is 5.78 Å². The summed E-state index contributed by atoms with van der Waals surface area (Å²) in [5, 5.41) is 0. The number of Topliss-reactive ketones (excluding diaryl/α,β-unsaturated/α-hetero) is 1. The third-order valence-corrected chi connectivity index (χ3v) is 3.22. The van der Waals surface area contributed by atoms with Gasteiger partial charge in [0.05, 0.1) is 0 Å². The highest BCUT2D eigenvalue weighted by Gasteiger charge is 2.25. The van der Waals surface area contributed by atoms with E-state index in [1.165, 1.54) is 5.56 Å². The Morgan fingerprint density at radius 3 is 2.05 bits per heavy atom. The lowest BCUT2D eigenvalue weighted by Gasteiger charge is -2.19. The van der Waals surface area contributed by atoms with Gasteiger partial charge in [-0.2, -0.15) is 0 Å². The number of hydrogen-bond acceptors (Lipinski definition) is 1. The molecule has 0 saturated heterocycles. The van der Waals surface area contributed by atoms with Gasteiger partial charge in [-0.05, 0) is 18.1 Å². The van der Waals surface area contributed by atoms with Crippen molar-refractivity contribution in [3.8, 4) is 11.1 Å². The summed E-state index contributed by atoms with van der Waals surface area (Å²) in [6.07, 6.45) is 0. The fraction of sp³-hybridized carbons (Fsp3) is 0.278. The Labute approximate surface area is 115 Å². The van der Waals surface area contributed by atoms with Crippen LogP contribution in [0.5, 0.6) is 0 Å². The number of benzene rings is 2. The van der Waals surface area contributed by atoms with Crippen LogP contribution in [0, 0.1) is 12.3 Å². The SMILES string of the molecule is Cc1ccc(-c2ccccc2C(=O)C(C)(C)C)cc1. The van der Waals surface area contributed by atoms with Crippen molar-refractivity contribution in [2.75, 3.05) is 0 Å². The summed E-state index contributed by atoms with van der Waals surface area (Å²) < 4.78 is 0. The van der Waals surface area contributed by atoms with Crippen molar-refractivity contribution in [1.29, 1.82) is 0 Å². The van der Waals surface area contributed by atoms with E-state index in [0.717, 1.165) is 16.7 Å². The van der Waals surface area contributed by atoms with Crippen molar-refractivity contribution < 1.29 is 4.79 Å². The van der Waals surface area contributed by atoms with Crippen LogP contribution in [0.15, 0.2) is 48.5 Å². The molecular formula is C18H20O. The Morgan fingerprint density at radius 1 is 0.895 bits per heavy atom. The number of carbonyl (C=O) groups is 1. The van der Waals surface area contributed by atoms with Gasteiger partial charge < -0.3 is 0 Å². The van der Waals surface area contributed by atoms with Crippen molar-refractivity contribution in [2.24, 2.45) is 5.41 Å². The summed E-state index contributed by atoms with van der Waals surface area (Å²) in [6.45, 7) is 7.94. The van der Waals surface area contributed by atoms with E-state index in [9.17, 15) is 4.79 Å². The van der Waals surface area contributed by atoms with Crippen LogP contribution in [0.3, 0.4) is 0 Å². The molecule has 0 heterocycles. The molecule has 0 aromatic heterocycles. The number of carbonyl (C=O) groups excluding carboxylic acids is 1. The number of ketones is 1. The molecule has 0 saturated carbocycles. The minimum atomic E-state index is -0.360. The van der Waals surface area contributed by atoms with E-state index >= 15 is 0 Å². The molecule has 0 spiro atoms. The minimum absolute atomic E-state index is 0.184. The van der Waals surface area contributed by atoms with E-state index in [0.29, 0.717) is 0 Å². The van der Waals surface area contributed by atoms with E-state index in [1.54, 1.807) is 0 Å². The molecule has 0 aliphatic heterocycles. The monoisotopic (exact) mass is 252 g/mol. The van der Waals surface area contributed by atoms with Crippen molar-refractivity contribution >= 4 is 5.78 Å². The van der Waals surface area contributed by atoms with E-state index in [-0.39, 0.29) is 11.2 Å². The van der Waals surface area contributed by atoms with E-state index in [2.05, 4.69) is 31.2 Å². The molecule has 0 atom stereocenters. The van der Waals surface area contributed by atoms with Gasteiger partial charge in [0.25, 0.3) is 0 Å². The van der Waals surface area contributed by atoms with Crippen molar-refractivity contribution in [3.05, 3.63) is 59.7 Å². The molecular weight excluding hydrogens is 232 g/mol. The quantitative estimate of drug-likeness (QED) is 0.695. The molecule has 1 nitrogen and oxygen atoms in total. The van der Waals surface area contributed by atoms with Gasteiger partial charge in [0, 0.05) is 11.0 Å². The van der Waals surface area contributed by atoms with Crippen LogP contribution >= 0.6 is 0 Å². The first-order valence-corrected chi connectivity index (χ1v) is 6.60. The Morgan fingerprint density at radius 2 is 1.47 bits per heavy atom. The summed E-state index contributed by atoms with van der Waals surface area (Å²) in [6, 6.07) is 16.1. The molecule has 0 unspecified atom stereocenters. The molecule has 2 aromatic rings. The average Bonchev–Trinajstić information content (AvgIpc) is 2.38. The summed E-state index contributed by atoms with van der Waals surface area (Å²) in [5.41, 5.74) is 3.78. The second-order valence-electron chi connectivity index (χ2n) is 5.99.